The molecule has 1 aromatic carbocycles. The first-order chi connectivity index (χ1) is 16.7. The molecule has 6 rings (SSSR count). The number of nitrogens with zero attached hydrogens (tertiary/aromatic N) is 4. The minimum Gasteiger partial charge on any atom is -0.467 e. The van der Waals surface area contributed by atoms with E-state index in [4.69, 9.17) is 19.0 Å². The third kappa shape index (κ3) is 4.34. The van der Waals surface area contributed by atoms with E-state index in [-0.39, 0.29) is 11.9 Å². The maximum atomic E-state index is 13.3. The Kier molecular flexibility index (Phi) is 5.82. The van der Waals surface area contributed by atoms with E-state index >= 15 is 0 Å². The van der Waals surface area contributed by atoms with Crippen LogP contribution in [0.25, 0.3) is 0 Å². The number of hydrazone groups is 1. The summed E-state index contributed by atoms with van der Waals surface area (Å²) in [7, 11) is 0. The van der Waals surface area contributed by atoms with E-state index in [1.54, 1.807) is 22.6 Å². The molecule has 0 N–H and O–H groups in total. The number of hydrogen-bond acceptors (Lipinski definition) is 8. The van der Waals surface area contributed by atoms with Crippen LogP contribution in [-0.4, -0.2) is 65.9 Å². The molecule has 3 aliphatic rings. The maximum absolute atomic E-state index is 13.3. The number of benzene rings is 1. The second kappa shape index (κ2) is 9.25. The first kappa shape index (κ1) is 21.4. The van der Waals surface area contributed by atoms with E-state index < -0.39 is 0 Å². The number of fused-ring (bicyclic) bond motifs is 1. The minimum atomic E-state index is -0.188. The number of piperazine rings is 1. The Balaban J connectivity index is 1.07. The van der Waals surface area contributed by atoms with Crippen molar-refractivity contribution in [2.24, 2.45) is 5.10 Å². The van der Waals surface area contributed by atoms with Crippen LogP contribution in [0.5, 0.6) is 11.5 Å². The Morgan fingerprint density at radius 3 is 2.68 bits per heavy atom. The Hall–Kier alpha value is -3.14. The summed E-state index contributed by atoms with van der Waals surface area (Å²) in [5.41, 5.74) is 2.15. The summed E-state index contributed by atoms with van der Waals surface area (Å²) in [5, 5.41) is 8.39. The SMILES string of the molecule is O=C(CN1CCN(Cc2ccc3c(c2)OCO3)CC1)N1N=C(c2cccs2)C[C@H]1c1ccco1. The number of hydrogen-bond donors (Lipinski definition) is 0. The molecule has 5 heterocycles. The van der Waals surface area contributed by atoms with Crippen LogP contribution in [0.2, 0.25) is 0 Å². The highest BCUT2D eigenvalue weighted by atomic mass is 32.1. The van der Waals surface area contributed by atoms with Gasteiger partial charge in [-0.25, -0.2) is 5.01 Å². The van der Waals surface area contributed by atoms with Gasteiger partial charge in [0.15, 0.2) is 11.5 Å². The van der Waals surface area contributed by atoms with Gasteiger partial charge in [-0.2, -0.15) is 5.10 Å². The predicted octanol–water partition coefficient (Wildman–Crippen LogP) is 3.57. The van der Waals surface area contributed by atoms with Gasteiger partial charge in [-0.05, 0) is 41.3 Å². The fourth-order valence-electron chi connectivity index (χ4n) is 4.70. The smallest absolute Gasteiger partial charge is 0.257 e. The van der Waals surface area contributed by atoms with Gasteiger partial charge < -0.3 is 13.9 Å². The molecule has 176 valence electrons. The van der Waals surface area contributed by atoms with Gasteiger partial charge in [0.1, 0.15) is 11.8 Å². The van der Waals surface area contributed by atoms with E-state index in [1.165, 1.54) is 5.56 Å². The largest absolute Gasteiger partial charge is 0.467 e. The van der Waals surface area contributed by atoms with Crippen molar-refractivity contribution < 1.29 is 18.7 Å². The minimum absolute atomic E-state index is 0.0113. The molecule has 9 heteroatoms. The maximum Gasteiger partial charge on any atom is 0.257 e. The van der Waals surface area contributed by atoms with Crippen molar-refractivity contribution in [3.63, 3.8) is 0 Å². The third-order valence-electron chi connectivity index (χ3n) is 6.51. The van der Waals surface area contributed by atoms with Gasteiger partial charge in [0.25, 0.3) is 5.91 Å². The van der Waals surface area contributed by atoms with Crippen LogP contribution in [0.3, 0.4) is 0 Å². The fraction of sp³-hybridized carbons (Fsp3) is 0.360. The Bertz CT molecular complexity index is 1170. The number of furan rings is 1. The predicted molar refractivity (Wildman–Crippen MR) is 128 cm³/mol. The first-order valence-corrected chi connectivity index (χ1v) is 12.4. The summed E-state index contributed by atoms with van der Waals surface area (Å²) < 4.78 is 16.6. The number of ether oxygens (including phenoxy) is 2. The monoisotopic (exact) mass is 478 g/mol. The quantitative estimate of drug-likeness (QED) is 0.540. The Morgan fingerprint density at radius 1 is 1.03 bits per heavy atom. The molecular weight excluding hydrogens is 452 g/mol. The highest BCUT2D eigenvalue weighted by molar-refractivity contribution is 7.12. The fourth-order valence-corrected chi connectivity index (χ4v) is 5.42. The topological polar surface area (TPSA) is 70.8 Å². The summed E-state index contributed by atoms with van der Waals surface area (Å²) in [4.78, 5) is 19.0. The van der Waals surface area contributed by atoms with Crippen LogP contribution in [0.1, 0.15) is 28.7 Å². The van der Waals surface area contributed by atoms with Crippen molar-refractivity contribution in [1.82, 2.24) is 14.8 Å². The van der Waals surface area contributed by atoms with E-state index in [0.717, 1.165) is 60.6 Å². The molecule has 0 spiro atoms. The lowest BCUT2D eigenvalue weighted by Gasteiger charge is -2.35. The second-order valence-corrected chi connectivity index (χ2v) is 9.69. The van der Waals surface area contributed by atoms with Crippen LogP contribution < -0.4 is 9.47 Å². The van der Waals surface area contributed by atoms with E-state index in [9.17, 15) is 4.79 Å². The molecule has 0 aliphatic carbocycles. The molecule has 0 bridgehead atoms. The van der Waals surface area contributed by atoms with E-state index in [1.807, 2.05) is 29.6 Å². The highest BCUT2D eigenvalue weighted by Gasteiger charge is 2.36. The molecule has 0 radical (unpaired) electrons. The van der Waals surface area contributed by atoms with Crippen molar-refractivity contribution >= 4 is 23.0 Å². The van der Waals surface area contributed by atoms with E-state index in [2.05, 4.69) is 28.0 Å². The lowest BCUT2D eigenvalue weighted by atomic mass is 10.1. The number of carbonyl (C=O) groups excluding carboxylic acids is 1. The van der Waals surface area contributed by atoms with Crippen LogP contribution in [0, 0.1) is 0 Å². The van der Waals surface area contributed by atoms with Crippen LogP contribution in [0.15, 0.2) is 63.6 Å². The number of thiophene rings is 1. The lowest BCUT2D eigenvalue weighted by Crippen LogP contribution is -2.49. The lowest BCUT2D eigenvalue weighted by molar-refractivity contribution is -0.135. The zero-order valence-electron chi connectivity index (χ0n) is 18.8. The highest BCUT2D eigenvalue weighted by Crippen LogP contribution is 2.35. The first-order valence-electron chi connectivity index (χ1n) is 11.5. The Labute approximate surface area is 202 Å². The number of rotatable bonds is 6. The van der Waals surface area contributed by atoms with Crippen LogP contribution in [0.4, 0.5) is 0 Å². The number of amides is 1. The zero-order chi connectivity index (χ0) is 22.9. The van der Waals surface area contributed by atoms with Crippen molar-refractivity contribution in [2.45, 2.75) is 19.0 Å². The molecule has 34 heavy (non-hydrogen) atoms. The standard InChI is InChI=1S/C25H26N4O4S/c30-25(29-20(21-3-1-11-31-21)14-19(26-29)24-4-2-12-34-24)16-28-9-7-27(8-10-28)15-18-5-6-22-23(13-18)33-17-32-22/h1-6,11-13,20H,7-10,14-17H2/t20-/m0/s1. The summed E-state index contributed by atoms with van der Waals surface area (Å²) in [6.45, 7) is 5.02. The summed E-state index contributed by atoms with van der Waals surface area (Å²) in [6, 6.07) is 13.8. The molecule has 8 nitrogen and oxygen atoms in total. The van der Waals surface area contributed by atoms with Gasteiger partial charge in [0.2, 0.25) is 6.79 Å². The van der Waals surface area contributed by atoms with E-state index in [0.29, 0.717) is 19.8 Å². The molecule has 2 aromatic heterocycles. The summed E-state index contributed by atoms with van der Waals surface area (Å²) in [5.74, 6) is 2.42. The van der Waals surface area contributed by atoms with Crippen LogP contribution >= 0.6 is 11.3 Å². The summed E-state index contributed by atoms with van der Waals surface area (Å²) in [6.07, 6.45) is 2.32. The molecule has 1 amide bonds. The van der Waals surface area contributed by atoms with Crippen molar-refractivity contribution in [3.8, 4) is 11.5 Å². The molecule has 0 unspecified atom stereocenters. The van der Waals surface area contributed by atoms with Gasteiger partial charge in [0.05, 0.1) is 23.4 Å². The molecular formula is C25H26N4O4S. The molecule has 1 fully saturated rings. The average molecular weight is 479 g/mol. The molecule has 0 saturated carbocycles. The molecule has 1 saturated heterocycles. The third-order valence-corrected chi connectivity index (χ3v) is 7.43. The van der Waals surface area contributed by atoms with Gasteiger partial charge in [-0.3, -0.25) is 14.6 Å². The Morgan fingerprint density at radius 2 is 1.88 bits per heavy atom. The van der Waals surface area contributed by atoms with Crippen LogP contribution in [-0.2, 0) is 11.3 Å². The number of carbonyl (C=O) groups is 1. The summed E-state index contributed by atoms with van der Waals surface area (Å²) >= 11 is 1.65. The molecule has 1 atom stereocenters. The van der Waals surface area contributed by atoms with Crippen molar-refractivity contribution in [3.05, 3.63) is 70.3 Å². The molecule has 3 aliphatic heterocycles. The van der Waals surface area contributed by atoms with Crippen molar-refractivity contribution in [1.29, 1.82) is 0 Å². The second-order valence-electron chi connectivity index (χ2n) is 8.74. The van der Waals surface area contributed by atoms with Crippen molar-refractivity contribution in [2.75, 3.05) is 39.5 Å². The van der Waals surface area contributed by atoms with Gasteiger partial charge >= 0.3 is 0 Å². The average Bonchev–Trinajstić information content (AvgIpc) is 3.66. The van der Waals surface area contributed by atoms with Gasteiger partial charge in [-0.15, -0.1) is 11.3 Å². The van der Waals surface area contributed by atoms with Gasteiger partial charge in [0, 0.05) is 39.1 Å². The van der Waals surface area contributed by atoms with Gasteiger partial charge in [-0.1, -0.05) is 12.1 Å². The molecule has 3 aromatic rings. The normalized spacial score (nSPS) is 20.6. The zero-order valence-corrected chi connectivity index (χ0v) is 19.6.